The number of hydrogen-bond donors (Lipinski definition) is 2. The lowest BCUT2D eigenvalue weighted by molar-refractivity contribution is 0.0701. The third-order valence-corrected chi connectivity index (χ3v) is 6.33. The highest BCUT2D eigenvalue weighted by Crippen LogP contribution is 2.34. The number of rotatable bonds is 8. The van der Waals surface area contributed by atoms with Gasteiger partial charge in [0.15, 0.2) is 0 Å². The fourth-order valence-electron chi connectivity index (χ4n) is 3.54. The van der Waals surface area contributed by atoms with Crippen LogP contribution >= 0.6 is 11.3 Å². The molecular weight excluding hydrogens is 413 g/mol. The Bertz CT molecular complexity index is 1220. The van der Waals surface area contributed by atoms with E-state index in [0.717, 1.165) is 23.1 Å². The summed E-state index contributed by atoms with van der Waals surface area (Å²) in [5.74, 6) is 0.0535. The molecule has 4 aromatic rings. The highest BCUT2D eigenvalue weighted by molar-refractivity contribution is 7.20. The van der Waals surface area contributed by atoms with Gasteiger partial charge in [-0.3, -0.25) is 0 Å². The van der Waals surface area contributed by atoms with Crippen molar-refractivity contribution in [2.24, 2.45) is 0 Å². The molecule has 2 aromatic heterocycles. The molecule has 0 saturated carbocycles. The van der Waals surface area contributed by atoms with Crippen molar-refractivity contribution >= 4 is 33.3 Å². The predicted octanol–water partition coefficient (Wildman–Crippen LogP) is 5.28. The van der Waals surface area contributed by atoms with Crippen molar-refractivity contribution in [3.63, 3.8) is 0 Å². The Labute approximate surface area is 183 Å². The molecular formula is C24H22FN3O2S. The van der Waals surface area contributed by atoms with Gasteiger partial charge in [0.05, 0.1) is 5.39 Å². The molecule has 4 rings (SSSR count). The number of aromatic nitrogens is 2. The minimum atomic E-state index is -0.969. The standard InChI is InChI=1S/C24H22FN3O2S/c1-15-20-22(26-14-13-17-9-5-6-10-18(17)25)27-19(12-11-16-7-3-2-4-8-16)28-23(20)31-21(15)24(29)30/h2-10H,11-14H2,1H3,(H,29,30)(H,26,27,28). The second-order valence-corrected chi connectivity index (χ2v) is 8.28. The number of carbonyl (C=O) groups is 1. The van der Waals surface area contributed by atoms with Crippen LogP contribution in [0.4, 0.5) is 10.2 Å². The highest BCUT2D eigenvalue weighted by Gasteiger charge is 2.20. The third kappa shape index (κ3) is 4.72. The average molecular weight is 436 g/mol. The van der Waals surface area contributed by atoms with E-state index < -0.39 is 5.97 Å². The van der Waals surface area contributed by atoms with E-state index in [1.54, 1.807) is 19.1 Å². The fourth-order valence-corrected chi connectivity index (χ4v) is 4.58. The van der Waals surface area contributed by atoms with E-state index in [1.807, 2.05) is 24.3 Å². The molecule has 31 heavy (non-hydrogen) atoms. The Hall–Kier alpha value is -3.32. The Morgan fingerprint density at radius 1 is 1.03 bits per heavy atom. The number of fused-ring (bicyclic) bond motifs is 1. The van der Waals surface area contributed by atoms with E-state index in [9.17, 15) is 14.3 Å². The molecule has 0 aliphatic rings. The summed E-state index contributed by atoms with van der Waals surface area (Å²) in [5, 5.41) is 13.5. The molecule has 0 atom stereocenters. The van der Waals surface area contributed by atoms with Crippen molar-refractivity contribution in [2.45, 2.75) is 26.2 Å². The van der Waals surface area contributed by atoms with Gasteiger partial charge in [-0.05, 0) is 42.5 Å². The molecule has 0 aliphatic heterocycles. The summed E-state index contributed by atoms with van der Waals surface area (Å²) in [6, 6.07) is 16.8. The zero-order valence-electron chi connectivity index (χ0n) is 17.1. The quantitative estimate of drug-likeness (QED) is 0.394. The lowest BCUT2D eigenvalue weighted by Crippen LogP contribution is -2.10. The van der Waals surface area contributed by atoms with E-state index in [1.165, 1.54) is 11.6 Å². The van der Waals surface area contributed by atoms with Crippen LogP contribution in [0.15, 0.2) is 54.6 Å². The first-order valence-corrected chi connectivity index (χ1v) is 10.9. The van der Waals surface area contributed by atoms with Crippen molar-refractivity contribution in [1.82, 2.24) is 9.97 Å². The first-order chi connectivity index (χ1) is 15.0. The molecule has 0 unspecified atom stereocenters. The minimum absolute atomic E-state index is 0.236. The van der Waals surface area contributed by atoms with E-state index in [0.29, 0.717) is 47.0 Å². The molecule has 0 bridgehead atoms. The number of carboxylic acid groups (broad SMARTS) is 1. The number of nitrogens with one attached hydrogen (secondary N) is 1. The first kappa shape index (κ1) is 20.9. The molecule has 2 N–H and O–H groups in total. The molecule has 2 heterocycles. The number of anilines is 1. The monoisotopic (exact) mass is 435 g/mol. The van der Waals surface area contributed by atoms with Gasteiger partial charge >= 0.3 is 5.97 Å². The SMILES string of the molecule is Cc1c(C(=O)O)sc2nc(CCc3ccccc3)nc(NCCc3ccccc3F)c12. The van der Waals surface area contributed by atoms with E-state index >= 15 is 0 Å². The normalized spacial score (nSPS) is 11.0. The van der Waals surface area contributed by atoms with Gasteiger partial charge in [-0.25, -0.2) is 19.2 Å². The smallest absolute Gasteiger partial charge is 0.346 e. The molecule has 7 heteroatoms. The predicted molar refractivity (Wildman–Crippen MR) is 122 cm³/mol. The molecule has 158 valence electrons. The molecule has 0 aliphatic carbocycles. The number of benzene rings is 2. The van der Waals surface area contributed by atoms with Crippen LogP contribution in [0.2, 0.25) is 0 Å². The summed E-state index contributed by atoms with van der Waals surface area (Å²) in [6.07, 6.45) is 1.92. The van der Waals surface area contributed by atoms with Gasteiger partial charge in [-0.1, -0.05) is 48.5 Å². The molecule has 0 fully saturated rings. The summed E-state index contributed by atoms with van der Waals surface area (Å²) >= 11 is 1.16. The van der Waals surface area contributed by atoms with E-state index in [-0.39, 0.29) is 10.7 Å². The maximum Gasteiger partial charge on any atom is 0.346 e. The largest absolute Gasteiger partial charge is 0.477 e. The number of halogens is 1. The van der Waals surface area contributed by atoms with Crippen molar-refractivity contribution in [1.29, 1.82) is 0 Å². The zero-order chi connectivity index (χ0) is 21.8. The molecule has 0 amide bonds. The van der Waals surface area contributed by atoms with Crippen LogP contribution < -0.4 is 5.32 Å². The Balaban J connectivity index is 1.62. The van der Waals surface area contributed by atoms with Crippen molar-refractivity contribution < 1.29 is 14.3 Å². The van der Waals surface area contributed by atoms with E-state index in [4.69, 9.17) is 4.98 Å². The van der Waals surface area contributed by atoms with Gasteiger partial charge in [0.2, 0.25) is 0 Å². The van der Waals surface area contributed by atoms with Gasteiger partial charge in [-0.15, -0.1) is 11.3 Å². The Kier molecular flexibility index (Phi) is 6.23. The Morgan fingerprint density at radius 2 is 1.77 bits per heavy atom. The summed E-state index contributed by atoms with van der Waals surface area (Å²) < 4.78 is 13.9. The van der Waals surface area contributed by atoms with E-state index in [2.05, 4.69) is 22.4 Å². The van der Waals surface area contributed by atoms with Crippen LogP contribution in [0, 0.1) is 12.7 Å². The van der Waals surface area contributed by atoms with Gasteiger partial charge < -0.3 is 10.4 Å². The maximum absolute atomic E-state index is 13.9. The van der Waals surface area contributed by atoms with Crippen LogP contribution in [0.3, 0.4) is 0 Å². The van der Waals surface area contributed by atoms with Gasteiger partial charge in [-0.2, -0.15) is 0 Å². The second kappa shape index (κ2) is 9.22. The van der Waals surface area contributed by atoms with Crippen LogP contribution in [0.25, 0.3) is 10.2 Å². The molecule has 0 spiro atoms. The highest BCUT2D eigenvalue weighted by atomic mass is 32.1. The van der Waals surface area contributed by atoms with Crippen LogP contribution in [0.1, 0.15) is 32.2 Å². The van der Waals surface area contributed by atoms with Gasteiger partial charge in [0, 0.05) is 13.0 Å². The number of hydrogen-bond acceptors (Lipinski definition) is 5. The molecule has 5 nitrogen and oxygen atoms in total. The summed E-state index contributed by atoms with van der Waals surface area (Å²) in [6.45, 7) is 2.25. The van der Waals surface area contributed by atoms with Crippen LogP contribution in [-0.2, 0) is 19.3 Å². The zero-order valence-corrected chi connectivity index (χ0v) is 17.9. The van der Waals surface area contributed by atoms with Crippen LogP contribution in [-0.4, -0.2) is 27.6 Å². The summed E-state index contributed by atoms with van der Waals surface area (Å²) in [7, 11) is 0. The summed E-state index contributed by atoms with van der Waals surface area (Å²) in [4.78, 5) is 21.9. The third-order valence-electron chi connectivity index (χ3n) is 5.16. The number of aromatic carboxylic acids is 1. The lowest BCUT2D eigenvalue weighted by Gasteiger charge is -2.10. The topological polar surface area (TPSA) is 75.1 Å². The number of nitrogens with zero attached hydrogens (tertiary/aromatic N) is 2. The number of thiophene rings is 1. The minimum Gasteiger partial charge on any atom is -0.477 e. The number of aryl methyl sites for hydroxylation is 3. The van der Waals surface area contributed by atoms with Crippen molar-refractivity contribution in [3.8, 4) is 0 Å². The fraction of sp³-hybridized carbons (Fsp3) is 0.208. The molecule has 0 radical (unpaired) electrons. The maximum atomic E-state index is 13.9. The van der Waals surface area contributed by atoms with Gasteiger partial charge in [0.1, 0.15) is 27.2 Å². The van der Waals surface area contributed by atoms with Crippen molar-refractivity contribution in [2.75, 3.05) is 11.9 Å². The summed E-state index contributed by atoms with van der Waals surface area (Å²) in [5.41, 5.74) is 2.46. The average Bonchev–Trinajstić information content (AvgIpc) is 3.11. The van der Waals surface area contributed by atoms with Crippen LogP contribution in [0.5, 0.6) is 0 Å². The molecule has 0 saturated heterocycles. The lowest BCUT2D eigenvalue weighted by atomic mass is 10.1. The number of carboxylic acids is 1. The molecule has 2 aromatic carbocycles. The Morgan fingerprint density at radius 3 is 2.52 bits per heavy atom. The van der Waals surface area contributed by atoms with Gasteiger partial charge in [0.25, 0.3) is 0 Å². The second-order valence-electron chi connectivity index (χ2n) is 7.28. The first-order valence-electron chi connectivity index (χ1n) is 10.1. The van der Waals surface area contributed by atoms with Crippen molar-refractivity contribution in [3.05, 3.63) is 87.8 Å².